The molecule has 0 atom stereocenters. The number of hydrogen-bond acceptors (Lipinski definition) is 1. The van der Waals surface area contributed by atoms with Gasteiger partial charge in [0.2, 0.25) is 0 Å². The Balaban J connectivity index is 2.86. The molecule has 0 aliphatic carbocycles. The maximum atomic E-state index is 13.2. The second-order valence-electron chi connectivity index (χ2n) is 3.07. The summed E-state index contributed by atoms with van der Waals surface area (Å²) in [7, 11) is 0. The number of aryl methyl sites for hydroxylation is 1. The Morgan fingerprint density at radius 2 is 2.20 bits per heavy atom. The third kappa shape index (κ3) is 3.43. The Kier molecular flexibility index (Phi) is 4.47. The largest absolute Gasteiger partial charge is 0.363 e. The van der Waals surface area contributed by atoms with Crippen LogP contribution in [0.25, 0.3) is 0 Å². The molecule has 0 unspecified atom stereocenters. The van der Waals surface area contributed by atoms with Crippen LogP contribution in [0.1, 0.15) is 12.5 Å². The van der Waals surface area contributed by atoms with E-state index in [4.69, 9.17) is 12.2 Å². The van der Waals surface area contributed by atoms with Gasteiger partial charge in [0.25, 0.3) is 0 Å². The lowest BCUT2D eigenvalue weighted by Crippen LogP contribution is -2.28. The fourth-order valence-corrected chi connectivity index (χ4v) is 1.82. The van der Waals surface area contributed by atoms with Crippen molar-refractivity contribution >= 4 is 38.9 Å². The van der Waals surface area contributed by atoms with Crippen molar-refractivity contribution in [1.29, 1.82) is 0 Å². The van der Waals surface area contributed by atoms with E-state index in [1.54, 1.807) is 6.07 Å². The van der Waals surface area contributed by atoms with E-state index in [9.17, 15) is 4.39 Å². The van der Waals surface area contributed by atoms with Gasteiger partial charge in [0, 0.05) is 12.2 Å². The van der Waals surface area contributed by atoms with Crippen LogP contribution in [0.3, 0.4) is 0 Å². The van der Waals surface area contributed by atoms with Crippen LogP contribution >= 0.6 is 28.1 Å². The van der Waals surface area contributed by atoms with Crippen LogP contribution in [-0.4, -0.2) is 11.7 Å². The van der Waals surface area contributed by atoms with Crippen molar-refractivity contribution in [2.45, 2.75) is 13.8 Å². The summed E-state index contributed by atoms with van der Waals surface area (Å²) in [5.74, 6) is -0.303. The van der Waals surface area contributed by atoms with Gasteiger partial charge in [-0.25, -0.2) is 4.39 Å². The van der Waals surface area contributed by atoms with Gasteiger partial charge in [-0.15, -0.1) is 0 Å². The summed E-state index contributed by atoms with van der Waals surface area (Å²) in [6.45, 7) is 4.58. The zero-order chi connectivity index (χ0) is 11.4. The molecule has 15 heavy (non-hydrogen) atoms. The van der Waals surface area contributed by atoms with Crippen molar-refractivity contribution in [1.82, 2.24) is 5.32 Å². The lowest BCUT2D eigenvalue weighted by Gasteiger charge is -2.11. The summed E-state index contributed by atoms with van der Waals surface area (Å²) in [6.07, 6.45) is 0. The smallest absolute Gasteiger partial charge is 0.170 e. The number of anilines is 1. The molecule has 0 fully saturated rings. The highest BCUT2D eigenvalue weighted by Gasteiger charge is 2.05. The highest BCUT2D eigenvalue weighted by Crippen LogP contribution is 2.23. The maximum absolute atomic E-state index is 13.2. The third-order valence-electron chi connectivity index (χ3n) is 1.85. The van der Waals surface area contributed by atoms with E-state index in [1.807, 2.05) is 13.8 Å². The van der Waals surface area contributed by atoms with Gasteiger partial charge in [-0.1, -0.05) is 0 Å². The SMILES string of the molecule is CCNC(=S)Nc1cc(F)c(Br)cc1C. The lowest BCUT2D eigenvalue weighted by molar-refractivity contribution is 0.621. The molecule has 0 radical (unpaired) electrons. The maximum Gasteiger partial charge on any atom is 0.170 e. The van der Waals surface area contributed by atoms with E-state index in [0.717, 1.165) is 12.1 Å². The fraction of sp³-hybridized carbons (Fsp3) is 0.300. The Bertz CT molecular complexity index is 382. The van der Waals surface area contributed by atoms with Gasteiger partial charge in [-0.2, -0.15) is 0 Å². The predicted octanol–water partition coefficient (Wildman–Crippen LogP) is 3.20. The topological polar surface area (TPSA) is 24.1 Å². The third-order valence-corrected chi connectivity index (χ3v) is 2.71. The monoisotopic (exact) mass is 290 g/mol. The van der Waals surface area contributed by atoms with Gasteiger partial charge in [-0.05, 0) is 59.7 Å². The first-order valence-corrected chi connectivity index (χ1v) is 5.75. The number of halogens is 2. The molecule has 0 heterocycles. The predicted molar refractivity (Wildman–Crippen MR) is 68.7 cm³/mol. The molecule has 0 spiro atoms. The Morgan fingerprint density at radius 3 is 2.80 bits per heavy atom. The minimum atomic E-state index is -0.303. The van der Waals surface area contributed by atoms with Gasteiger partial charge in [0.05, 0.1) is 4.47 Å². The molecule has 82 valence electrons. The van der Waals surface area contributed by atoms with Crippen LogP contribution in [0.2, 0.25) is 0 Å². The average Bonchev–Trinajstić information content (AvgIpc) is 2.14. The van der Waals surface area contributed by atoms with Crippen molar-refractivity contribution in [3.8, 4) is 0 Å². The minimum absolute atomic E-state index is 0.303. The van der Waals surface area contributed by atoms with Crippen molar-refractivity contribution in [3.05, 3.63) is 28.0 Å². The summed E-state index contributed by atoms with van der Waals surface area (Å²) in [5.41, 5.74) is 1.62. The minimum Gasteiger partial charge on any atom is -0.363 e. The zero-order valence-electron chi connectivity index (χ0n) is 8.53. The number of benzene rings is 1. The molecular formula is C10H12BrFN2S. The average molecular weight is 291 g/mol. The van der Waals surface area contributed by atoms with Crippen molar-refractivity contribution in [2.75, 3.05) is 11.9 Å². The summed E-state index contributed by atoms with van der Waals surface area (Å²) < 4.78 is 13.7. The van der Waals surface area contributed by atoms with Crippen LogP contribution in [0.4, 0.5) is 10.1 Å². The second kappa shape index (κ2) is 5.42. The number of nitrogens with one attached hydrogen (secondary N) is 2. The van der Waals surface area contributed by atoms with Gasteiger partial charge in [0.1, 0.15) is 5.82 Å². The van der Waals surface area contributed by atoms with Crippen LogP contribution < -0.4 is 10.6 Å². The number of thiocarbonyl (C=S) groups is 1. The molecule has 1 aromatic rings. The molecule has 2 N–H and O–H groups in total. The quantitative estimate of drug-likeness (QED) is 0.818. The molecule has 0 bridgehead atoms. The first kappa shape index (κ1) is 12.4. The molecule has 0 aliphatic rings. The Hall–Kier alpha value is -0.680. The normalized spacial score (nSPS) is 9.87. The molecule has 0 saturated carbocycles. The molecule has 2 nitrogen and oxygen atoms in total. The molecule has 0 aliphatic heterocycles. The first-order valence-electron chi connectivity index (χ1n) is 4.55. The molecular weight excluding hydrogens is 279 g/mol. The summed E-state index contributed by atoms with van der Waals surface area (Å²) in [6, 6.07) is 3.13. The second-order valence-corrected chi connectivity index (χ2v) is 4.33. The molecule has 0 saturated heterocycles. The summed E-state index contributed by atoms with van der Waals surface area (Å²) in [4.78, 5) is 0. The van der Waals surface area contributed by atoms with Gasteiger partial charge >= 0.3 is 0 Å². The van der Waals surface area contributed by atoms with E-state index >= 15 is 0 Å². The van der Waals surface area contributed by atoms with Crippen molar-refractivity contribution < 1.29 is 4.39 Å². The van der Waals surface area contributed by atoms with E-state index < -0.39 is 0 Å². The van der Waals surface area contributed by atoms with E-state index in [-0.39, 0.29) is 5.82 Å². The van der Waals surface area contributed by atoms with Gasteiger partial charge in [-0.3, -0.25) is 0 Å². The molecule has 1 rings (SSSR count). The summed E-state index contributed by atoms with van der Waals surface area (Å²) >= 11 is 8.14. The van der Waals surface area contributed by atoms with Crippen LogP contribution in [0.15, 0.2) is 16.6 Å². The van der Waals surface area contributed by atoms with Crippen molar-refractivity contribution in [2.24, 2.45) is 0 Å². The fourth-order valence-electron chi connectivity index (χ4n) is 1.11. The Morgan fingerprint density at radius 1 is 1.53 bits per heavy atom. The van der Waals surface area contributed by atoms with Crippen LogP contribution in [0, 0.1) is 12.7 Å². The van der Waals surface area contributed by atoms with E-state index in [1.165, 1.54) is 6.07 Å². The zero-order valence-corrected chi connectivity index (χ0v) is 10.9. The molecule has 0 amide bonds. The van der Waals surface area contributed by atoms with E-state index in [2.05, 4.69) is 26.6 Å². The highest BCUT2D eigenvalue weighted by atomic mass is 79.9. The van der Waals surface area contributed by atoms with E-state index in [0.29, 0.717) is 15.3 Å². The molecule has 0 aromatic heterocycles. The summed E-state index contributed by atoms with van der Waals surface area (Å²) in [5, 5.41) is 6.38. The first-order chi connectivity index (χ1) is 7.04. The van der Waals surface area contributed by atoms with Crippen LogP contribution in [0.5, 0.6) is 0 Å². The molecule has 5 heteroatoms. The lowest BCUT2D eigenvalue weighted by atomic mass is 10.2. The molecule has 1 aromatic carbocycles. The van der Waals surface area contributed by atoms with Crippen LogP contribution in [-0.2, 0) is 0 Å². The Labute approximate surface area is 102 Å². The number of rotatable bonds is 2. The highest BCUT2D eigenvalue weighted by molar-refractivity contribution is 9.10. The number of hydrogen-bond donors (Lipinski definition) is 2. The standard InChI is InChI=1S/C10H12BrFN2S/c1-3-13-10(15)14-9-5-8(12)7(11)4-6(9)2/h4-5H,3H2,1-2H3,(H2,13,14,15). The van der Waals surface area contributed by atoms with Crippen molar-refractivity contribution in [3.63, 3.8) is 0 Å². The van der Waals surface area contributed by atoms with Gasteiger partial charge < -0.3 is 10.6 Å². The van der Waals surface area contributed by atoms with Gasteiger partial charge in [0.15, 0.2) is 5.11 Å².